The summed E-state index contributed by atoms with van der Waals surface area (Å²) in [7, 11) is 0. The summed E-state index contributed by atoms with van der Waals surface area (Å²) in [5, 5.41) is 16.0. The van der Waals surface area contributed by atoms with E-state index in [-0.39, 0.29) is 18.1 Å². The van der Waals surface area contributed by atoms with E-state index in [0.717, 1.165) is 76.1 Å². The lowest BCUT2D eigenvalue weighted by atomic mass is 10.1. The van der Waals surface area contributed by atoms with Crippen LogP contribution >= 0.6 is 0 Å². The molecule has 2 fully saturated rings. The largest absolute Gasteiger partial charge is 0.480 e. The highest BCUT2D eigenvalue weighted by molar-refractivity contribution is 5.83. The van der Waals surface area contributed by atoms with Gasteiger partial charge in [0.2, 0.25) is 0 Å². The minimum Gasteiger partial charge on any atom is -0.480 e. The normalized spacial score (nSPS) is 22.0. The van der Waals surface area contributed by atoms with E-state index in [9.17, 15) is 14.7 Å². The summed E-state index contributed by atoms with van der Waals surface area (Å²) < 4.78 is 11.4. The molecule has 0 aromatic carbocycles. The predicted octanol–water partition coefficient (Wildman–Crippen LogP) is 2.91. The summed E-state index contributed by atoms with van der Waals surface area (Å²) in [6.45, 7) is 8.60. The van der Waals surface area contributed by atoms with E-state index < -0.39 is 12.0 Å². The number of anilines is 1. The van der Waals surface area contributed by atoms with E-state index in [1.807, 2.05) is 13.8 Å². The molecular weight excluding hydrogens is 486 g/mol. The van der Waals surface area contributed by atoms with E-state index >= 15 is 0 Å². The van der Waals surface area contributed by atoms with Crippen LogP contribution in [0.3, 0.4) is 0 Å². The average molecular weight is 532 g/mol. The van der Waals surface area contributed by atoms with Crippen LogP contribution in [-0.4, -0.2) is 102 Å². The number of hydrogen-bond donors (Lipinski definition) is 3. The number of aryl methyl sites for hydroxylation is 2. The molecule has 3 atom stereocenters. The maximum atomic E-state index is 12.9. The SMILES string of the molecule is CC1COCC(C)N1C(=O)NC(CCN(CCCCc1ccc2c(n1)NCCC2)CCOC1CC1)C(=O)O. The highest BCUT2D eigenvalue weighted by Gasteiger charge is 2.32. The minimum absolute atomic E-state index is 0.0929. The zero-order valence-corrected chi connectivity index (χ0v) is 23.0. The second kappa shape index (κ2) is 14.1. The summed E-state index contributed by atoms with van der Waals surface area (Å²) >= 11 is 0. The van der Waals surface area contributed by atoms with Crippen LogP contribution in [0.4, 0.5) is 10.6 Å². The fourth-order valence-electron chi connectivity index (χ4n) is 5.27. The van der Waals surface area contributed by atoms with E-state index in [1.54, 1.807) is 4.90 Å². The van der Waals surface area contributed by atoms with Gasteiger partial charge in [-0.2, -0.15) is 0 Å². The van der Waals surface area contributed by atoms with Gasteiger partial charge in [0.25, 0.3) is 0 Å². The molecule has 0 bridgehead atoms. The number of carbonyl (C=O) groups excluding carboxylic acids is 1. The van der Waals surface area contributed by atoms with Crippen LogP contribution in [-0.2, 0) is 27.1 Å². The van der Waals surface area contributed by atoms with E-state index in [2.05, 4.69) is 27.7 Å². The number of carboxylic acids is 1. The quantitative estimate of drug-likeness (QED) is 0.314. The van der Waals surface area contributed by atoms with Crippen molar-refractivity contribution in [1.82, 2.24) is 20.1 Å². The van der Waals surface area contributed by atoms with Gasteiger partial charge in [-0.1, -0.05) is 6.07 Å². The number of fused-ring (bicyclic) bond motifs is 1. The van der Waals surface area contributed by atoms with Crippen molar-refractivity contribution < 1.29 is 24.2 Å². The molecule has 3 unspecified atom stereocenters. The van der Waals surface area contributed by atoms with Crippen molar-refractivity contribution in [1.29, 1.82) is 0 Å². The standard InChI is InChI=1S/C28H45N5O5/c1-20-18-37-19-21(2)33(20)28(36)31-25(27(34)35)12-15-32(16-17-38-24-10-11-24)14-4-3-7-23-9-8-22-6-5-13-29-26(22)30-23/h8-9,20-21,24-25H,3-7,10-19H2,1-2H3,(H,29,30)(H,31,36)(H,34,35). The van der Waals surface area contributed by atoms with Gasteiger partial charge < -0.3 is 35.0 Å². The molecule has 1 saturated carbocycles. The molecule has 2 aliphatic heterocycles. The van der Waals surface area contributed by atoms with Gasteiger partial charge in [-0.3, -0.25) is 0 Å². The van der Waals surface area contributed by atoms with Crippen molar-refractivity contribution in [2.75, 3.05) is 51.3 Å². The van der Waals surface area contributed by atoms with E-state index in [0.29, 0.717) is 38.9 Å². The number of nitrogens with zero attached hydrogens (tertiary/aromatic N) is 3. The smallest absolute Gasteiger partial charge is 0.326 e. The Kier molecular flexibility index (Phi) is 10.6. The second-order valence-corrected chi connectivity index (χ2v) is 11.0. The van der Waals surface area contributed by atoms with Crippen LogP contribution in [0.15, 0.2) is 12.1 Å². The van der Waals surface area contributed by atoms with Gasteiger partial charge in [0.05, 0.1) is 38.0 Å². The molecule has 1 aliphatic carbocycles. The average Bonchev–Trinajstić information content (AvgIpc) is 3.72. The third-order valence-corrected chi connectivity index (χ3v) is 7.63. The molecular formula is C28H45N5O5. The van der Waals surface area contributed by atoms with Crippen molar-refractivity contribution >= 4 is 17.8 Å². The van der Waals surface area contributed by atoms with Gasteiger partial charge >= 0.3 is 12.0 Å². The third kappa shape index (κ3) is 8.54. The lowest BCUT2D eigenvalue weighted by Gasteiger charge is -2.39. The van der Waals surface area contributed by atoms with Crippen molar-refractivity contribution in [3.05, 3.63) is 23.4 Å². The molecule has 10 heteroatoms. The molecule has 3 heterocycles. The van der Waals surface area contributed by atoms with Crippen LogP contribution < -0.4 is 10.6 Å². The van der Waals surface area contributed by atoms with Gasteiger partial charge in [-0.15, -0.1) is 0 Å². The Hall–Kier alpha value is -2.43. The molecule has 0 spiro atoms. The molecule has 3 aliphatic rings. The Morgan fingerprint density at radius 3 is 2.74 bits per heavy atom. The number of carbonyl (C=O) groups is 2. The van der Waals surface area contributed by atoms with Crippen LogP contribution in [0.25, 0.3) is 0 Å². The second-order valence-electron chi connectivity index (χ2n) is 11.0. The lowest BCUT2D eigenvalue weighted by molar-refractivity contribution is -0.139. The Balaban J connectivity index is 1.25. The van der Waals surface area contributed by atoms with Gasteiger partial charge in [-0.05, 0) is 83.4 Å². The minimum atomic E-state index is -1.01. The highest BCUT2D eigenvalue weighted by atomic mass is 16.5. The van der Waals surface area contributed by atoms with Crippen LogP contribution in [0, 0.1) is 0 Å². The summed E-state index contributed by atoms with van der Waals surface area (Å²) in [4.78, 5) is 33.7. The molecule has 1 aromatic heterocycles. The Labute approximate surface area is 226 Å². The number of rotatable bonds is 14. The number of nitrogens with one attached hydrogen (secondary N) is 2. The van der Waals surface area contributed by atoms with Crippen LogP contribution in [0.2, 0.25) is 0 Å². The van der Waals surface area contributed by atoms with Crippen LogP contribution in [0.1, 0.15) is 63.6 Å². The number of ether oxygens (including phenoxy) is 2. The van der Waals surface area contributed by atoms with E-state index in [1.165, 1.54) is 5.56 Å². The van der Waals surface area contributed by atoms with Crippen molar-refractivity contribution in [2.45, 2.75) is 89.4 Å². The third-order valence-electron chi connectivity index (χ3n) is 7.63. The Morgan fingerprint density at radius 1 is 1.21 bits per heavy atom. The topological polar surface area (TPSA) is 116 Å². The molecule has 4 rings (SSSR count). The number of unbranched alkanes of at least 4 members (excludes halogenated alkanes) is 1. The molecule has 2 amide bonds. The summed E-state index contributed by atoms with van der Waals surface area (Å²) in [6, 6.07) is 2.88. The highest BCUT2D eigenvalue weighted by Crippen LogP contribution is 2.23. The molecule has 38 heavy (non-hydrogen) atoms. The number of carboxylic acid groups (broad SMARTS) is 1. The van der Waals surface area contributed by atoms with Gasteiger partial charge in [0, 0.05) is 25.3 Å². The van der Waals surface area contributed by atoms with Gasteiger partial charge in [-0.25, -0.2) is 14.6 Å². The summed E-state index contributed by atoms with van der Waals surface area (Å²) in [6.07, 6.45) is 8.18. The first kappa shape index (κ1) is 28.6. The fourth-order valence-corrected chi connectivity index (χ4v) is 5.27. The molecule has 212 valence electrons. The van der Waals surface area contributed by atoms with Crippen LogP contribution in [0.5, 0.6) is 0 Å². The molecule has 1 saturated heterocycles. The molecule has 10 nitrogen and oxygen atoms in total. The first-order valence-corrected chi connectivity index (χ1v) is 14.4. The van der Waals surface area contributed by atoms with Gasteiger partial charge in [0.1, 0.15) is 11.9 Å². The Bertz CT molecular complexity index is 917. The number of urea groups is 1. The monoisotopic (exact) mass is 531 g/mol. The number of aliphatic carboxylic acids is 1. The maximum Gasteiger partial charge on any atom is 0.326 e. The number of pyridine rings is 1. The summed E-state index contributed by atoms with van der Waals surface area (Å²) in [5.74, 6) is 0.0309. The molecule has 3 N–H and O–H groups in total. The first-order chi connectivity index (χ1) is 18.4. The van der Waals surface area contributed by atoms with Crippen molar-refractivity contribution in [3.8, 4) is 0 Å². The van der Waals surface area contributed by atoms with Gasteiger partial charge in [0.15, 0.2) is 0 Å². The number of morpholine rings is 1. The maximum absolute atomic E-state index is 12.9. The first-order valence-electron chi connectivity index (χ1n) is 14.4. The van der Waals surface area contributed by atoms with Crippen molar-refractivity contribution in [2.24, 2.45) is 0 Å². The predicted molar refractivity (Wildman–Crippen MR) is 146 cm³/mol. The zero-order chi connectivity index (χ0) is 26.9. The molecule has 0 radical (unpaired) electrons. The Morgan fingerprint density at radius 2 is 2.00 bits per heavy atom. The zero-order valence-electron chi connectivity index (χ0n) is 23.0. The molecule has 1 aromatic rings. The fraction of sp³-hybridized carbons (Fsp3) is 0.750. The number of amides is 2. The summed E-state index contributed by atoms with van der Waals surface area (Å²) in [5.41, 5.74) is 2.42. The van der Waals surface area contributed by atoms with E-state index in [4.69, 9.17) is 14.5 Å². The number of aromatic nitrogens is 1. The lowest BCUT2D eigenvalue weighted by Crippen LogP contribution is -2.58. The number of hydrogen-bond acceptors (Lipinski definition) is 7. The van der Waals surface area contributed by atoms with Crippen molar-refractivity contribution in [3.63, 3.8) is 0 Å².